The Labute approximate surface area is 92.9 Å². The van der Waals surface area contributed by atoms with Crippen LogP contribution in [0.15, 0.2) is 24.3 Å². The fourth-order valence-corrected chi connectivity index (χ4v) is 2.21. The number of rotatable bonds is 4. The minimum absolute atomic E-state index is 0.659. The summed E-state index contributed by atoms with van der Waals surface area (Å²) in [6.07, 6.45) is 2.81. The number of hydrogen-bond acceptors (Lipinski definition) is 1. The van der Waals surface area contributed by atoms with Gasteiger partial charge < -0.3 is 5.32 Å². The van der Waals surface area contributed by atoms with Gasteiger partial charge in [0.05, 0.1) is 0 Å². The Morgan fingerprint density at radius 2 is 2.00 bits per heavy atom. The molecule has 1 atom stereocenters. The topological polar surface area (TPSA) is 12.0 Å². The Hall–Kier alpha value is -0.980. The first-order valence-electron chi connectivity index (χ1n) is 6.00. The van der Waals surface area contributed by atoms with Gasteiger partial charge >= 0.3 is 0 Å². The Kier molecular flexibility index (Phi) is 2.99. The average molecular weight is 203 g/mol. The van der Waals surface area contributed by atoms with Crippen LogP contribution in [0.1, 0.15) is 32.3 Å². The lowest BCUT2D eigenvalue weighted by atomic mass is 9.99. The Balaban J connectivity index is 2.05. The molecule has 1 fully saturated rings. The molecule has 0 heterocycles. The van der Waals surface area contributed by atoms with Crippen molar-refractivity contribution in [2.45, 2.75) is 39.7 Å². The molecule has 82 valence electrons. The third-order valence-electron chi connectivity index (χ3n) is 3.20. The van der Waals surface area contributed by atoms with Crippen molar-refractivity contribution in [2.75, 3.05) is 5.32 Å². The summed E-state index contributed by atoms with van der Waals surface area (Å²) in [6.45, 7) is 6.77. The summed E-state index contributed by atoms with van der Waals surface area (Å²) in [6, 6.07) is 9.34. The van der Waals surface area contributed by atoms with Crippen LogP contribution < -0.4 is 5.32 Å². The largest absolute Gasteiger partial charge is 0.382 e. The molecule has 0 aromatic heterocycles. The number of nitrogens with one attached hydrogen (secondary N) is 1. The van der Waals surface area contributed by atoms with E-state index in [1.807, 2.05) is 0 Å². The number of hydrogen-bond donors (Lipinski definition) is 1. The van der Waals surface area contributed by atoms with Crippen LogP contribution in [-0.4, -0.2) is 6.04 Å². The van der Waals surface area contributed by atoms with Gasteiger partial charge in [0.1, 0.15) is 0 Å². The van der Waals surface area contributed by atoms with E-state index in [9.17, 15) is 0 Å². The zero-order chi connectivity index (χ0) is 10.8. The number of benzene rings is 1. The second-order valence-corrected chi connectivity index (χ2v) is 5.12. The van der Waals surface area contributed by atoms with Crippen molar-refractivity contribution in [3.63, 3.8) is 0 Å². The van der Waals surface area contributed by atoms with E-state index in [2.05, 4.69) is 50.4 Å². The second-order valence-electron chi connectivity index (χ2n) is 5.12. The van der Waals surface area contributed by atoms with Gasteiger partial charge in [0.25, 0.3) is 0 Å². The average Bonchev–Trinajstić information content (AvgIpc) is 2.97. The molecule has 1 nitrogen and oxygen atoms in total. The van der Waals surface area contributed by atoms with Gasteiger partial charge in [-0.15, -0.1) is 0 Å². The molecule has 0 bridgehead atoms. The summed E-state index contributed by atoms with van der Waals surface area (Å²) in [5.74, 6) is 1.63. The minimum atomic E-state index is 0.659. The predicted molar refractivity (Wildman–Crippen MR) is 66.2 cm³/mol. The summed E-state index contributed by atoms with van der Waals surface area (Å²) in [5.41, 5.74) is 2.61. The Bertz CT molecular complexity index is 324. The molecule has 1 unspecified atom stereocenters. The van der Waals surface area contributed by atoms with Gasteiger partial charge in [0, 0.05) is 11.7 Å². The zero-order valence-corrected chi connectivity index (χ0v) is 9.96. The standard InChI is InChI=1S/C14H21N/c1-10(2)14(12-7-8-12)15-13-6-4-5-11(3)9-13/h4-6,9-10,12,14-15H,7-8H2,1-3H3. The fraction of sp³-hybridized carbons (Fsp3) is 0.571. The van der Waals surface area contributed by atoms with E-state index < -0.39 is 0 Å². The summed E-state index contributed by atoms with van der Waals surface area (Å²) in [7, 11) is 0. The highest BCUT2D eigenvalue weighted by atomic mass is 14.9. The van der Waals surface area contributed by atoms with E-state index >= 15 is 0 Å². The first-order valence-corrected chi connectivity index (χ1v) is 6.00. The van der Waals surface area contributed by atoms with Gasteiger partial charge in [0.2, 0.25) is 0 Å². The molecule has 0 saturated heterocycles. The van der Waals surface area contributed by atoms with Crippen molar-refractivity contribution in [3.8, 4) is 0 Å². The molecule has 1 aliphatic carbocycles. The number of anilines is 1. The maximum absolute atomic E-state index is 3.68. The molecule has 15 heavy (non-hydrogen) atoms. The number of aryl methyl sites for hydroxylation is 1. The van der Waals surface area contributed by atoms with E-state index in [0.29, 0.717) is 6.04 Å². The smallest absolute Gasteiger partial charge is 0.0345 e. The molecule has 1 aromatic carbocycles. The van der Waals surface area contributed by atoms with Crippen LogP contribution in [-0.2, 0) is 0 Å². The highest BCUT2D eigenvalue weighted by Crippen LogP contribution is 2.37. The van der Waals surface area contributed by atoms with Crippen LogP contribution in [0, 0.1) is 18.8 Å². The van der Waals surface area contributed by atoms with Crippen molar-refractivity contribution in [1.82, 2.24) is 0 Å². The second kappa shape index (κ2) is 4.26. The molecule has 1 N–H and O–H groups in total. The van der Waals surface area contributed by atoms with Crippen molar-refractivity contribution in [3.05, 3.63) is 29.8 Å². The maximum Gasteiger partial charge on any atom is 0.0345 e. The maximum atomic E-state index is 3.68. The quantitative estimate of drug-likeness (QED) is 0.784. The third kappa shape index (κ3) is 2.74. The summed E-state index contributed by atoms with van der Waals surface area (Å²) in [4.78, 5) is 0. The van der Waals surface area contributed by atoms with Gasteiger partial charge in [-0.1, -0.05) is 26.0 Å². The lowest BCUT2D eigenvalue weighted by Crippen LogP contribution is -2.27. The summed E-state index contributed by atoms with van der Waals surface area (Å²) >= 11 is 0. The van der Waals surface area contributed by atoms with Gasteiger partial charge in [-0.2, -0.15) is 0 Å². The van der Waals surface area contributed by atoms with Gasteiger partial charge in [-0.05, 0) is 49.3 Å². The van der Waals surface area contributed by atoms with Gasteiger partial charge in [-0.25, -0.2) is 0 Å². The van der Waals surface area contributed by atoms with Crippen molar-refractivity contribution < 1.29 is 0 Å². The molecule has 1 aromatic rings. The normalized spacial score (nSPS) is 17.9. The zero-order valence-electron chi connectivity index (χ0n) is 9.96. The molecule has 0 aliphatic heterocycles. The molecule has 1 aliphatic rings. The lowest BCUT2D eigenvalue weighted by Gasteiger charge is -2.23. The third-order valence-corrected chi connectivity index (χ3v) is 3.20. The minimum Gasteiger partial charge on any atom is -0.382 e. The highest BCUT2D eigenvalue weighted by Gasteiger charge is 2.32. The molecule has 2 rings (SSSR count). The molecular formula is C14H21N. The SMILES string of the molecule is Cc1cccc(NC(C(C)C)C2CC2)c1. The molecule has 1 heteroatoms. The van der Waals surface area contributed by atoms with Crippen molar-refractivity contribution >= 4 is 5.69 Å². The van der Waals surface area contributed by atoms with E-state index in [1.54, 1.807) is 0 Å². The van der Waals surface area contributed by atoms with Crippen molar-refractivity contribution in [2.24, 2.45) is 11.8 Å². The summed E-state index contributed by atoms with van der Waals surface area (Å²) < 4.78 is 0. The van der Waals surface area contributed by atoms with Gasteiger partial charge in [0.15, 0.2) is 0 Å². The molecular weight excluding hydrogens is 182 g/mol. The van der Waals surface area contributed by atoms with E-state index in [4.69, 9.17) is 0 Å². The predicted octanol–water partition coefficient (Wildman–Crippen LogP) is 3.84. The first-order chi connectivity index (χ1) is 7.16. The van der Waals surface area contributed by atoms with E-state index in [0.717, 1.165) is 11.8 Å². The van der Waals surface area contributed by atoms with Gasteiger partial charge in [-0.3, -0.25) is 0 Å². The molecule has 0 spiro atoms. The first kappa shape index (κ1) is 10.5. The van der Waals surface area contributed by atoms with Crippen LogP contribution in [0.4, 0.5) is 5.69 Å². The highest BCUT2D eigenvalue weighted by molar-refractivity contribution is 5.46. The van der Waals surface area contributed by atoms with Crippen LogP contribution in [0.25, 0.3) is 0 Å². The lowest BCUT2D eigenvalue weighted by molar-refractivity contribution is 0.477. The Morgan fingerprint density at radius 1 is 1.27 bits per heavy atom. The molecule has 0 amide bonds. The Morgan fingerprint density at radius 3 is 2.53 bits per heavy atom. The van der Waals surface area contributed by atoms with Crippen LogP contribution in [0.5, 0.6) is 0 Å². The summed E-state index contributed by atoms with van der Waals surface area (Å²) in [5, 5.41) is 3.68. The monoisotopic (exact) mass is 203 g/mol. The van der Waals surface area contributed by atoms with E-state index in [-0.39, 0.29) is 0 Å². The van der Waals surface area contributed by atoms with Crippen LogP contribution in [0.3, 0.4) is 0 Å². The van der Waals surface area contributed by atoms with Crippen molar-refractivity contribution in [1.29, 1.82) is 0 Å². The molecule has 0 radical (unpaired) electrons. The van der Waals surface area contributed by atoms with Crippen LogP contribution in [0.2, 0.25) is 0 Å². The fourth-order valence-electron chi connectivity index (χ4n) is 2.21. The molecule has 1 saturated carbocycles. The van der Waals surface area contributed by atoms with E-state index in [1.165, 1.54) is 24.1 Å². The van der Waals surface area contributed by atoms with Crippen LogP contribution >= 0.6 is 0 Å².